The molecule has 1 saturated heterocycles. The van der Waals surface area contributed by atoms with E-state index in [1.165, 1.54) is 42.5 Å². The van der Waals surface area contributed by atoms with E-state index in [2.05, 4.69) is 38.2 Å². The van der Waals surface area contributed by atoms with Gasteiger partial charge in [0.1, 0.15) is 12.4 Å². The van der Waals surface area contributed by atoms with Gasteiger partial charge in [-0.25, -0.2) is 0 Å². The standard InChI is InChI=1S/C18H29NO2/c1-14-7-8-15(2)18(16(14)3)21-13-12-20-11-9-17-6-4-5-10-19-17/h7-8,17,19H,4-6,9-13H2,1-3H3. The average molecular weight is 291 g/mol. The molecule has 1 unspecified atom stereocenters. The van der Waals surface area contributed by atoms with Crippen LogP contribution in [0.2, 0.25) is 0 Å². The zero-order chi connectivity index (χ0) is 15.1. The number of hydrogen-bond acceptors (Lipinski definition) is 3. The molecule has 2 rings (SSSR count). The molecule has 1 N–H and O–H groups in total. The van der Waals surface area contributed by atoms with Crippen LogP contribution in [0, 0.1) is 20.8 Å². The van der Waals surface area contributed by atoms with E-state index in [0.717, 1.165) is 18.8 Å². The number of hydrogen-bond donors (Lipinski definition) is 1. The van der Waals surface area contributed by atoms with Crippen LogP contribution in [-0.4, -0.2) is 32.4 Å². The molecule has 0 aliphatic carbocycles. The second kappa shape index (κ2) is 8.40. The monoisotopic (exact) mass is 291 g/mol. The molecule has 1 heterocycles. The highest BCUT2D eigenvalue weighted by Gasteiger charge is 2.11. The summed E-state index contributed by atoms with van der Waals surface area (Å²) in [5.41, 5.74) is 3.71. The predicted molar refractivity (Wildman–Crippen MR) is 87.2 cm³/mol. The minimum atomic E-state index is 0.628. The van der Waals surface area contributed by atoms with Crippen molar-refractivity contribution in [3.8, 4) is 5.75 Å². The van der Waals surface area contributed by atoms with Crippen molar-refractivity contribution < 1.29 is 9.47 Å². The van der Waals surface area contributed by atoms with Crippen molar-refractivity contribution in [3.63, 3.8) is 0 Å². The molecule has 0 aromatic heterocycles. The van der Waals surface area contributed by atoms with Gasteiger partial charge in [-0.2, -0.15) is 0 Å². The summed E-state index contributed by atoms with van der Waals surface area (Å²) < 4.78 is 11.6. The zero-order valence-electron chi connectivity index (χ0n) is 13.7. The Balaban J connectivity index is 1.62. The zero-order valence-corrected chi connectivity index (χ0v) is 13.7. The van der Waals surface area contributed by atoms with E-state index in [1.807, 2.05) is 0 Å². The van der Waals surface area contributed by atoms with E-state index >= 15 is 0 Å². The maximum atomic E-state index is 5.90. The third-order valence-electron chi connectivity index (χ3n) is 4.37. The highest BCUT2D eigenvalue weighted by molar-refractivity contribution is 5.44. The molecule has 1 atom stereocenters. The number of ether oxygens (including phenoxy) is 2. The Morgan fingerprint density at radius 2 is 1.86 bits per heavy atom. The summed E-state index contributed by atoms with van der Waals surface area (Å²) in [5.74, 6) is 1.02. The van der Waals surface area contributed by atoms with Gasteiger partial charge in [0.25, 0.3) is 0 Å². The van der Waals surface area contributed by atoms with E-state index in [9.17, 15) is 0 Å². The Kier molecular flexibility index (Phi) is 6.52. The molecule has 0 saturated carbocycles. The van der Waals surface area contributed by atoms with Crippen LogP contribution < -0.4 is 10.1 Å². The number of aryl methyl sites for hydroxylation is 2. The molecule has 0 radical (unpaired) electrons. The van der Waals surface area contributed by atoms with Crippen LogP contribution in [0.3, 0.4) is 0 Å². The summed E-state index contributed by atoms with van der Waals surface area (Å²) in [6.45, 7) is 9.62. The molecule has 1 aliphatic rings. The molecule has 1 aromatic carbocycles. The quantitative estimate of drug-likeness (QED) is 0.779. The van der Waals surface area contributed by atoms with E-state index in [-0.39, 0.29) is 0 Å². The molecule has 1 fully saturated rings. The van der Waals surface area contributed by atoms with E-state index in [1.54, 1.807) is 0 Å². The van der Waals surface area contributed by atoms with Crippen LogP contribution in [0.4, 0.5) is 0 Å². The summed E-state index contributed by atoms with van der Waals surface area (Å²) in [6.07, 6.45) is 5.08. The van der Waals surface area contributed by atoms with Gasteiger partial charge in [-0.05, 0) is 63.3 Å². The number of rotatable bonds is 7. The lowest BCUT2D eigenvalue weighted by molar-refractivity contribution is 0.0906. The molecule has 0 amide bonds. The van der Waals surface area contributed by atoms with Crippen LogP contribution in [0.15, 0.2) is 12.1 Å². The molecule has 1 aromatic rings. The van der Waals surface area contributed by atoms with Gasteiger partial charge < -0.3 is 14.8 Å². The summed E-state index contributed by atoms with van der Waals surface area (Å²) in [7, 11) is 0. The fourth-order valence-corrected chi connectivity index (χ4v) is 2.85. The lowest BCUT2D eigenvalue weighted by Gasteiger charge is -2.23. The molecule has 118 valence electrons. The first-order chi connectivity index (χ1) is 10.2. The average Bonchev–Trinajstić information content (AvgIpc) is 2.51. The first-order valence-corrected chi connectivity index (χ1v) is 8.19. The Labute approximate surface area is 129 Å². The highest BCUT2D eigenvalue weighted by atomic mass is 16.5. The third kappa shape index (κ3) is 5.01. The lowest BCUT2D eigenvalue weighted by atomic mass is 10.0. The van der Waals surface area contributed by atoms with Gasteiger partial charge in [0.05, 0.1) is 6.61 Å². The molecular weight excluding hydrogens is 262 g/mol. The van der Waals surface area contributed by atoms with Crippen molar-refractivity contribution in [3.05, 3.63) is 28.8 Å². The first-order valence-electron chi connectivity index (χ1n) is 8.19. The fourth-order valence-electron chi connectivity index (χ4n) is 2.85. The lowest BCUT2D eigenvalue weighted by Crippen LogP contribution is -2.34. The molecule has 0 bridgehead atoms. The maximum absolute atomic E-state index is 5.90. The van der Waals surface area contributed by atoms with Gasteiger partial charge in [-0.15, -0.1) is 0 Å². The minimum Gasteiger partial charge on any atom is -0.491 e. The highest BCUT2D eigenvalue weighted by Crippen LogP contribution is 2.25. The number of benzene rings is 1. The molecule has 3 nitrogen and oxygen atoms in total. The van der Waals surface area contributed by atoms with Crippen LogP contribution in [0.25, 0.3) is 0 Å². The summed E-state index contributed by atoms with van der Waals surface area (Å²) in [5, 5.41) is 3.55. The Morgan fingerprint density at radius 3 is 2.62 bits per heavy atom. The number of piperidine rings is 1. The fraction of sp³-hybridized carbons (Fsp3) is 0.667. The molecular formula is C18H29NO2. The van der Waals surface area contributed by atoms with Gasteiger partial charge in [-0.3, -0.25) is 0 Å². The van der Waals surface area contributed by atoms with Gasteiger partial charge in [-0.1, -0.05) is 18.6 Å². The minimum absolute atomic E-state index is 0.628. The van der Waals surface area contributed by atoms with Crippen molar-refractivity contribution in [2.24, 2.45) is 0 Å². The molecule has 3 heteroatoms. The third-order valence-corrected chi connectivity index (χ3v) is 4.37. The Hall–Kier alpha value is -1.06. The van der Waals surface area contributed by atoms with Crippen molar-refractivity contribution in [2.75, 3.05) is 26.4 Å². The van der Waals surface area contributed by atoms with Crippen LogP contribution in [0.1, 0.15) is 42.4 Å². The second-order valence-corrected chi connectivity index (χ2v) is 6.05. The van der Waals surface area contributed by atoms with Gasteiger partial charge in [0, 0.05) is 12.6 Å². The van der Waals surface area contributed by atoms with Crippen molar-refractivity contribution in [1.82, 2.24) is 5.32 Å². The summed E-state index contributed by atoms with van der Waals surface area (Å²) >= 11 is 0. The van der Waals surface area contributed by atoms with Crippen molar-refractivity contribution >= 4 is 0 Å². The van der Waals surface area contributed by atoms with Crippen LogP contribution >= 0.6 is 0 Å². The summed E-state index contributed by atoms with van der Waals surface area (Å²) in [6, 6.07) is 4.92. The van der Waals surface area contributed by atoms with E-state index < -0.39 is 0 Å². The smallest absolute Gasteiger partial charge is 0.125 e. The first kappa shape index (κ1) is 16.3. The number of nitrogens with one attached hydrogen (secondary N) is 1. The van der Waals surface area contributed by atoms with Gasteiger partial charge in [0.15, 0.2) is 0 Å². The normalized spacial score (nSPS) is 18.7. The molecule has 21 heavy (non-hydrogen) atoms. The van der Waals surface area contributed by atoms with Crippen molar-refractivity contribution in [2.45, 2.75) is 52.5 Å². The predicted octanol–water partition coefficient (Wildman–Crippen LogP) is 3.54. The van der Waals surface area contributed by atoms with Gasteiger partial charge >= 0.3 is 0 Å². The van der Waals surface area contributed by atoms with Crippen molar-refractivity contribution in [1.29, 1.82) is 0 Å². The maximum Gasteiger partial charge on any atom is 0.125 e. The SMILES string of the molecule is Cc1ccc(C)c(OCCOCCC2CCCCN2)c1C. The van der Waals surface area contributed by atoms with Crippen LogP contribution in [-0.2, 0) is 4.74 Å². The molecule has 1 aliphatic heterocycles. The van der Waals surface area contributed by atoms with E-state index in [0.29, 0.717) is 19.3 Å². The van der Waals surface area contributed by atoms with Crippen LogP contribution in [0.5, 0.6) is 5.75 Å². The second-order valence-electron chi connectivity index (χ2n) is 6.05. The topological polar surface area (TPSA) is 30.5 Å². The summed E-state index contributed by atoms with van der Waals surface area (Å²) in [4.78, 5) is 0. The van der Waals surface area contributed by atoms with Gasteiger partial charge in [0.2, 0.25) is 0 Å². The van der Waals surface area contributed by atoms with E-state index in [4.69, 9.17) is 9.47 Å². The largest absolute Gasteiger partial charge is 0.491 e. The Morgan fingerprint density at radius 1 is 1.05 bits per heavy atom. The molecule has 0 spiro atoms. The Bertz CT molecular complexity index is 439.